The summed E-state index contributed by atoms with van der Waals surface area (Å²) in [5, 5.41) is 0. The van der Waals surface area contributed by atoms with Crippen LogP contribution in [0.1, 0.15) is 19.4 Å². The smallest absolute Gasteiger partial charge is 0.120 e. The van der Waals surface area contributed by atoms with E-state index in [9.17, 15) is 0 Å². The fourth-order valence-corrected chi connectivity index (χ4v) is 2.46. The number of hydrogen-bond acceptors (Lipinski definition) is 3. The van der Waals surface area contributed by atoms with Crippen molar-refractivity contribution in [3.8, 4) is 11.5 Å². The Morgan fingerprint density at radius 1 is 0.909 bits per heavy atom. The van der Waals surface area contributed by atoms with E-state index in [1.807, 2.05) is 24.3 Å². The number of ether oxygens (including phenoxy) is 2. The molecule has 0 saturated carbocycles. The van der Waals surface area contributed by atoms with E-state index in [0.717, 1.165) is 24.6 Å². The van der Waals surface area contributed by atoms with Crippen LogP contribution in [-0.2, 0) is 6.54 Å². The summed E-state index contributed by atoms with van der Waals surface area (Å²) in [6.45, 7) is 6.34. The van der Waals surface area contributed by atoms with Gasteiger partial charge in [-0.05, 0) is 35.7 Å². The Balaban J connectivity index is 2.20. The van der Waals surface area contributed by atoms with E-state index in [4.69, 9.17) is 9.47 Å². The summed E-state index contributed by atoms with van der Waals surface area (Å²) in [6.07, 6.45) is 0. The van der Waals surface area contributed by atoms with E-state index >= 15 is 0 Å². The third-order valence-electron chi connectivity index (χ3n) is 3.54. The summed E-state index contributed by atoms with van der Waals surface area (Å²) in [4.78, 5) is 2.38. The highest BCUT2D eigenvalue weighted by Crippen LogP contribution is 2.24. The minimum atomic E-state index is 0.587. The molecule has 2 aromatic carbocycles. The van der Waals surface area contributed by atoms with E-state index < -0.39 is 0 Å². The molecule has 0 bridgehead atoms. The van der Waals surface area contributed by atoms with Gasteiger partial charge >= 0.3 is 0 Å². The van der Waals surface area contributed by atoms with Crippen molar-refractivity contribution in [1.29, 1.82) is 0 Å². The molecule has 0 fully saturated rings. The monoisotopic (exact) mass is 299 g/mol. The molecule has 3 heteroatoms. The van der Waals surface area contributed by atoms with Crippen LogP contribution in [0.25, 0.3) is 0 Å². The molecule has 2 rings (SSSR count). The summed E-state index contributed by atoms with van der Waals surface area (Å²) in [7, 11) is 3.39. The molecular formula is C19H25NO2. The van der Waals surface area contributed by atoms with Crippen molar-refractivity contribution in [1.82, 2.24) is 0 Å². The molecule has 2 aromatic rings. The van der Waals surface area contributed by atoms with E-state index in [1.165, 1.54) is 11.3 Å². The maximum atomic E-state index is 5.35. The van der Waals surface area contributed by atoms with Crippen molar-refractivity contribution in [3.63, 3.8) is 0 Å². The largest absolute Gasteiger partial charge is 0.497 e. The highest BCUT2D eigenvalue weighted by atomic mass is 16.5. The van der Waals surface area contributed by atoms with Crippen molar-refractivity contribution in [2.45, 2.75) is 20.4 Å². The molecule has 0 unspecified atom stereocenters. The molecule has 0 atom stereocenters. The van der Waals surface area contributed by atoms with Gasteiger partial charge in [0.05, 0.1) is 14.2 Å². The first-order valence-corrected chi connectivity index (χ1v) is 7.64. The molecule has 0 aliphatic carbocycles. The lowest BCUT2D eigenvalue weighted by Crippen LogP contribution is -2.27. The van der Waals surface area contributed by atoms with Gasteiger partial charge in [0.15, 0.2) is 0 Å². The molecule has 3 nitrogen and oxygen atoms in total. The molecule has 0 radical (unpaired) electrons. The number of hydrogen-bond donors (Lipinski definition) is 0. The molecule has 0 amide bonds. The Morgan fingerprint density at radius 2 is 1.59 bits per heavy atom. The number of nitrogens with zero attached hydrogens (tertiary/aromatic N) is 1. The first-order chi connectivity index (χ1) is 10.6. The lowest BCUT2D eigenvalue weighted by atomic mass is 10.1. The van der Waals surface area contributed by atoms with Crippen LogP contribution in [0.3, 0.4) is 0 Å². The average Bonchev–Trinajstić information content (AvgIpc) is 2.54. The fraction of sp³-hybridized carbons (Fsp3) is 0.368. The Morgan fingerprint density at radius 3 is 2.18 bits per heavy atom. The second-order valence-corrected chi connectivity index (χ2v) is 5.82. The van der Waals surface area contributed by atoms with Crippen molar-refractivity contribution in [2.75, 3.05) is 25.7 Å². The lowest BCUT2D eigenvalue weighted by Gasteiger charge is -2.27. The zero-order valence-electron chi connectivity index (χ0n) is 13.9. The van der Waals surface area contributed by atoms with Gasteiger partial charge in [-0.2, -0.15) is 0 Å². The molecule has 118 valence electrons. The predicted octanol–water partition coefficient (Wildman–Crippen LogP) is 4.37. The van der Waals surface area contributed by atoms with Crippen molar-refractivity contribution in [2.24, 2.45) is 5.92 Å². The molecule has 0 aliphatic rings. The van der Waals surface area contributed by atoms with Crippen molar-refractivity contribution < 1.29 is 9.47 Å². The number of anilines is 1. The standard InChI is InChI=1S/C19H25NO2/c1-15(2)13-20(17-6-5-7-19(12-17)22-4)14-16-8-10-18(21-3)11-9-16/h5-12,15H,13-14H2,1-4H3. The molecule has 0 heterocycles. The van der Waals surface area contributed by atoms with Gasteiger partial charge in [-0.3, -0.25) is 0 Å². The minimum Gasteiger partial charge on any atom is -0.497 e. The van der Waals surface area contributed by atoms with Gasteiger partial charge in [0.2, 0.25) is 0 Å². The second-order valence-electron chi connectivity index (χ2n) is 5.82. The molecule has 22 heavy (non-hydrogen) atoms. The van der Waals surface area contributed by atoms with Gasteiger partial charge in [0.25, 0.3) is 0 Å². The summed E-state index contributed by atoms with van der Waals surface area (Å²) in [5.74, 6) is 2.37. The van der Waals surface area contributed by atoms with Gasteiger partial charge in [-0.1, -0.05) is 32.0 Å². The topological polar surface area (TPSA) is 21.7 Å². The second kappa shape index (κ2) is 7.74. The van der Waals surface area contributed by atoms with Crippen LogP contribution in [0.2, 0.25) is 0 Å². The zero-order chi connectivity index (χ0) is 15.9. The number of methoxy groups -OCH3 is 2. The van der Waals surface area contributed by atoms with Gasteiger partial charge in [-0.25, -0.2) is 0 Å². The van der Waals surface area contributed by atoms with Crippen LogP contribution in [0, 0.1) is 5.92 Å². The Hall–Kier alpha value is -2.16. The van der Waals surface area contributed by atoms with Crippen LogP contribution in [0.15, 0.2) is 48.5 Å². The molecule has 0 spiro atoms. The Bertz CT molecular complexity index is 578. The fourth-order valence-electron chi connectivity index (χ4n) is 2.46. The summed E-state index contributed by atoms with van der Waals surface area (Å²) in [5.41, 5.74) is 2.45. The van der Waals surface area contributed by atoms with Gasteiger partial charge in [-0.15, -0.1) is 0 Å². The zero-order valence-corrected chi connectivity index (χ0v) is 13.9. The van der Waals surface area contributed by atoms with E-state index in [1.54, 1.807) is 14.2 Å². The summed E-state index contributed by atoms with van der Waals surface area (Å²) in [6, 6.07) is 16.5. The van der Waals surface area contributed by atoms with Crippen LogP contribution >= 0.6 is 0 Å². The van der Waals surface area contributed by atoms with Crippen LogP contribution < -0.4 is 14.4 Å². The number of benzene rings is 2. The summed E-state index contributed by atoms with van der Waals surface area (Å²) < 4.78 is 10.6. The van der Waals surface area contributed by atoms with Crippen LogP contribution in [0.4, 0.5) is 5.69 Å². The molecule has 0 saturated heterocycles. The van der Waals surface area contributed by atoms with Crippen LogP contribution in [0.5, 0.6) is 11.5 Å². The van der Waals surface area contributed by atoms with Gasteiger partial charge < -0.3 is 14.4 Å². The maximum absolute atomic E-state index is 5.35. The van der Waals surface area contributed by atoms with Crippen LogP contribution in [-0.4, -0.2) is 20.8 Å². The normalized spacial score (nSPS) is 10.6. The van der Waals surface area contributed by atoms with E-state index in [-0.39, 0.29) is 0 Å². The first-order valence-electron chi connectivity index (χ1n) is 7.64. The average molecular weight is 299 g/mol. The van der Waals surface area contributed by atoms with Gasteiger partial charge in [0.1, 0.15) is 11.5 Å². The quantitative estimate of drug-likeness (QED) is 0.758. The molecule has 0 aromatic heterocycles. The van der Waals surface area contributed by atoms with Gasteiger partial charge in [0, 0.05) is 24.8 Å². The third-order valence-corrected chi connectivity index (χ3v) is 3.54. The maximum Gasteiger partial charge on any atom is 0.120 e. The summed E-state index contributed by atoms with van der Waals surface area (Å²) >= 11 is 0. The molecular weight excluding hydrogens is 274 g/mol. The van der Waals surface area contributed by atoms with Crippen molar-refractivity contribution >= 4 is 5.69 Å². The molecule has 0 aliphatic heterocycles. The molecule has 0 N–H and O–H groups in total. The van der Waals surface area contributed by atoms with Crippen molar-refractivity contribution in [3.05, 3.63) is 54.1 Å². The minimum absolute atomic E-state index is 0.587. The third kappa shape index (κ3) is 4.42. The Kier molecular flexibility index (Phi) is 5.70. The number of rotatable bonds is 7. The highest BCUT2D eigenvalue weighted by molar-refractivity contribution is 5.51. The lowest BCUT2D eigenvalue weighted by molar-refractivity contribution is 0.414. The first kappa shape index (κ1) is 16.2. The Labute approximate surface area is 133 Å². The highest BCUT2D eigenvalue weighted by Gasteiger charge is 2.10. The van der Waals surface area contributed by atoms with E-state index in [0.29, 0.717) is 5.92 Å². The SMILES string of the molecule is COc1ccc(CN(CC(C)C)c2cccc(OC)c2)cc1. The van der Waals surface area contributed by atoms with E-state index in [2.05, 4.69) is 43.0 Å². The predicted molar refractivity (Wildman–Crippen MR) is 91.9 cm³/mol.